The second-order valence-electron chi connectivity index (χ2n) is 7.93. The van der Waals surface area contributed by atoms with E-state index < -0.39 is 0 Å². The second-order valence-corrected chi connectivity index (χ2v) is 7.93. The Hall–Kier alpha value is -4.45. The molecule has 0 aliphatic carbocycles. The molecule has 4 aromatic rings. The van der Waals surface area contributed by atoms with E-state index in [1.54, 1.807) is 7.11 Å². The van der Waals surface area contributed by atoms with Gasteiger partial charge in [0.05, 0.1) is 7.11 Å². The number of aryl methyl sites for hydroxylation is 1. The summed E-state index contributed by atoms with van der Waals surface area (Å²) in [5.74, 6) is 2.43. The van der Waals surface area contributed by atoms with E-state index in [-0.39, 0.29) is 12.5 Å². The third kappa shape index (κ3) is 6.77. The molecule has 0 aliphatic heterocycles. The molecule has 178 valence electrons. The molecule has 0 spiro atoms. The number of anilines is 2. The number of rotatable bonds is 10. The van der Waals surface area contributed by atoms with E-state index in [4.69, 9.17) is 14.2 Å². The Labute approximate surface area is 205 Å². The highest BCUT2D eigenvalue weighted by Crippen LogP contribution is 2.29. The number of nitrogens with one attached hydrogen (secondary N) is 2. The third-order valence-corrected chi connectivity index (χ3v) is 5.34. The number of carbonyl (C=O) groups excluding carboxylic acids is 1. The van der Waals surface area contributed by atoms with Crippen LogP contribution >= 0.6 is 0 Å². The lowest BCUT2D eigenvalue weighted by atomic mass is 10.2. The van der Waals surface area contributed by atoms with Crippen molar-refractivity contribution in [3.05, 3.63) is 108 Å². The van der Waals surface area contributed by atoms with Crippen molar-refractivity contribution in [2.45, 2.75) is 13.5 Å². The number of benzene rings is 4. The molecular formula is C29H28N2O4. The van der Waals surface area contributed by atoms with Gasteiger partial charge in [-0.25, -0.2) is 0 Å². The van der Waals surface area contributed by atoms with Crippen LogP contribution in [0.4, 0.5) is 11.4 Å². The standard InChI is InChI=1S/C29H28N2O4/c1-21-8-6-7-11-26(21)31-29(32)20-34-27-17-12-22(18-28(27)33-2)19-30-23-13-15-25(16-14-23)35-24-9-4-3-5-10-24/h3-18,30H,19-20H2,1-2H3,(H,31,32). The quantitative estimate of drug-likeness (QED) is 0.281. The van der Waals surface area contributed by atoms with Crippen molar-refractivity contribution in [1.82, 2.24) is 0 Å². The fraction of sp³-hybridized carbons (Fsp3) is 0.138. The molecule has 0 saturated heterocycles. The van der Waals surface area contributed by atoms with Crippen molar-refractivity contribution in [1.29, 1.82) is 0 Å². The number of methoxy groups -OCH3 is 1. The van der Waals surface area contributed by atoms with Crippen LogP contribution in [0.1, 0.15) is 11.1 Å². The molecule has 6 nitrogen and oxygen atoms in total. The maximum absolute atomic E-state index is 12.3. The van der Waals surface area contributed by atoms with Crippen LogP contribution in [0.25, 0.3) is 0 Å². The molecular weight excluding hydrogens is 440 g/mol. The molecule has 0 heterocycles. The van der Waals surface area contributed by atoms with Crippen LogP contribution in [0.5, 0.6) is 23.0 Å². The van der Waals surface area contributed by atoms with Crippen LogP contribution in [-0.4, -0.2) is 19.6 Å². The summed E-state index contributed by atoms with van der Waals surface area (Å²) in [6.45, 7) is 2.43. The van der Waals surface area contributed by atoms with Gasteiger partial charge in [0.25, 0.3) is 5.91 Å². The van der Waals surface area contributed by atoms with Crippen LogP contribution in [0.15, 0.2) is 97.1 Å². The Morgan fingerprint density at radius 3 is 2.26 bits per heavy atom. The van der Waals surface area contributed by atoms with Gasteiger partial charge >= 0.3 is 0 Å². The molecule has 2 N–H and O–H groups in total. The molecule has 4 rings (SSSR count). The Bertz CT molecular complexity index is 1260. The molecule has 4 aromatic carbocycles. The predicted octanol–water partition coefficient (Wildman–Crippen LogP) is 6.43. The van der Waals surface area contributed by atoms with E-state index in [9.17, 15) is 4.79 Å². The zero-order valence-electron chi connectivity index (χ0n) is 19.8. The zero-order valence-corrected chi connectivity index (χ0v) is 19.8. The monoisotopic (exact) mass is 468 g/mol. The highest BCUT2D eigenvalue weighted by atomic mass is 16.5. The Balaban J connectivity index is 1.30. The normalized spacial score (nSPS) is 10.3. The van der Waals surface area contributed by atoms with Crippen molar-refractivity contribution >= 4 is 17.3 Å². The van der Waals surface area contributed by atoms with Crippen LogP contribution in [0.2, 0.25) is 0 Å². The van der Waals surface area contributed by atoms with Crippen molar-refractivity contribution in [3.8, 4) is 23.0 Å². The number of para-hydroxylation sites is 2. The van der Waals surface area contributed by atoms with E-state index in [2.05, 4.69) is 10.6 Å². The fourth-order valence-electron chi connectivity index (χ4n) is 3.45. The van der Waals surface area contributed by atoms with Crippen molar-refractivity contribution in [2.75, 3.05) is 24.4 Å². The number of ether oxygens (including phenoxy) is 3. The largest absolute Gasteiger partial charge is 0.493 e. The average molecular weight is 469 g/mol. The molecule has 0 fully saturated rings. The van der Waals surface area contributed by atoms with E-state index in [1.807, 2.05) is 104 Å². The average Bonchev–Trinajstić information content (AvgIpc) is 2.89. The van der Waals surface area contributed by atoms with Gasteiger partial charge in [-0.1, -0.05) is 42.5 Å². The van der Waals surface area contributed by atoms with Crippen molar-refractivity contribution in [2.24, 2.45) is 0 Å². The van der Waals surface area contributed by atoms with Crippen molar-refractivity contribution < 1.29 is 19.0 Å². The maximum Gasteiger partial charge on any atom is 0.262 e. The van der Waals surface area contributed by atoms with Crippen molar-refractivity contribution in [3.63, 3.8) is 0 Å². The molecule has 0 atom stereocenters. The Morgan fingerprint density at radius 2 is 1.51 bits per heavy atom. The smallest absolute Gasteiger partial charge is 0.262 e. The highest BCUT2D eigenvalue weighted by molar-refractivity contribution is 5.92. The molecule has 0 aliphatic rings. The summed E-state index contributed by atoms with van der Waals surface area (Å²) in [6, 6.07) is 30.7. The van der Waals surface area contributed by atoms with Gasteiger partial charge in [0.1, 0.15) is 11.5 Å². The first-order valence-electron chi connectivity index (χ1n) is 11.3. The van der Waals surface area contributed by atoms with E-state index >= 15 is 0 Å². The minimum Gasteiger partial charge on any atom is -0.493 e. The van der Waals surface area contributed by atoms with Crippen LogP contribution in [-0.2, 0) is 11.3 Å². The molecule has 0 radical (unpaired) electrons. The van der Waals surface area contributed by atoms with Crippen LogP contribution in [0.3, 0.4) is 0 Å². The SMILES string of the molecule is COc1cc(CNc2ccc(Oc3ccccc3)cc2)ccc1OCC(=O)Nc1ccccc1C. The maximum atomic E-state index is 12.3. The number of amides is 1. The number of hydrogen-bond acceptors (Lipinski definition) is 5. The second kappa shape index (κ2) is 11.6. The summed E-state index contributed by atoms with van der Waals surface area (Å²) in [4.78, 5) is 12.3. The topological polar surface area (TPSA) is 68.8 Å². The summed E-state index contributed by atoms with van der Waals surface area (Å²) in [6.07, 6.45) is 0. The molecule has 0 aromatic heterocycles. The molecule has 0 saturated carbocycles. The van der Waals surface area contributed by atoms with Gasteiger partial charge in [-0.2, -0.15) is 0 Å². The van der Waals surface area contributed by atoms with Gasteiger partial charge in [0.2, 0.25) is 0 Å². The summed E-state index contributed by atoms with van der Waals surface area (Å²) < 4.78 is 17.0. The minimum absolute atomic E-state index is 0.111. The van der Waals surface area contributed by atoms with Gasteiger partial charge < -0.3 is 24.8 Å². The van der Waals surface area contributed by atoms with Gasteiger partial charge in [-0.05, 0) is 72.6 Å². The van der Waals surface area contributed by atoms with E-state index in [0.717, 1.165) is 34.0 Å². The summed E-state index contributed by atoms with van der Waals surface area (Å²) in [5, 5.41) is 6.25. The minimum atomic E-state index is -0.230. The van der Waals surface area contributed by atoms with Gasteiger partial charge in [-0.3, -0.25) is 4.79 Å². The first-order valence-corrected chi connectivity index (χ1v) is 11.3. The first-order chi connectivity index (χ1) is 17.1. The zero-order chi connectivity index (χ0) is 24.5. The number of carbonyl (C=O) groups is 1. The first kappa shape index (κ1) is 23.7. The molecule has 6 heteroatoms. The van der Waals surface area contributed by atoms with Gasteiger partial charge in [0, 0.05) is 17.9 Å². The summed E-state index contributed by atoms with van der Waals surface area (Å²) in [7, 11) is 1.58. The van der Waals surface area contributed by atoms with Gasteiger partial charge in [-0.15, -0.1) is 0 Å². The lowest BCUT2D eigenvalue weighted by Crippen LogP contribution is -2.20. The molecule has 0 unspecified atom stereocenters. The molecule has 0 bridgehead atoms. The lowest BCUT2D eigenvalue weighted by Gasteiger charge is -2.14. The predicted molar refractivity (Wildman–Crippen MR) is 139 cm³/mol. The summed E-state index contributed by atoms with van der Waals surface area (Å²) >= 11 is 0. The van der Waals surface area contributed by atoms with Crippen LogP contribution in [0, 0.1) is 6.92 Å². The molecule has 1 amide bonds. The number of hydrogen-bond donors (Lipinski definition) is 2. The Morgan fingerprint density at radius 1 is 0.800 bits per heavy atom. The Kier molecular flexibility index (Phi) is 7.86. The highest BCUT2D eigenvalue weighted by Gasteiger charge is 2.10. The van der Waals surface area contributed by atoms with E-state index in [0.29, 0.717) is 18.0 Å². The van der Waals surface area contributed by atoms with E-state index in [1.165, 1.54) is 0 Å². The van der Waals surface area contributed by atoms with Crippen LogP contribution < -0.4 is 24.8 Å². The fourth-order valence-corrected chi connectivity index (χ4v) is 3.45. The molecule has 35 heavy (non-hydrogen) atoms. The lowest BCUT2D eigenvalue weighted by molar-refractivity contribution is -0.118. The summed E-state index contributed by atoms with van der Waals surface area (Å²) in [5.41, 5.74) is 3.75. The van der Waals surface area contributed by atoms with Gasteiger partial charge in [0.15, 0.2) is 18.1 Å². The third-order valence-electron chi connectivity index (χ3n) is 5.34.